The molecule has 0 radical (unpaired) electrons. The van der Waals surface area contributed by atoms with Gasteiger partial charge in [-0.3, -0.25) is 24.1 Å². The smallest absolute Gasteiger partial charge is 0.378 e. The minimum Gasteiger partial charge on any atom is -0.378 e. The standard InChI is InChI=1S/C27H24ClF3N4O4S/c28-19-3-2-17(22(9-19)27(29,30)31)11-35-23-4-1-16(7-18(23)10-32-35)8-24-25(36)34(26(37)40-24)13-21-12-33-5-6-38-14-20(33)15-39-21/h1-4,7-10,20-21H,5-6,11-15H2/b24-8-/t20-,21-/m0/s1. The summed E-state index contributed by atoms with van der Waals surface area (Å²) in [6, 6.07) is 9.14. The molecule has 0 spiro atoms. The van der Waals surface area contributed by atoms with E-state index in [0.717, 1.165) is 24.4 Å². The molecule has 6 rings (SSSR count). The molecular formula is C27H24ClF3N4O4S. The number of nitrogens with zero attached hydrogens (tertiary/aromatic N) is 4. The van der Waals surface area contributed by atoms with E-state index in [9.17, 15) is 22.8 Å². The molecule has 3 aliphatic heterocycles. The summed E-state index contributed by atoms with van der Waals surface area (Å²) < 4.78 is 53.5. The first-order valence-corrected chi connectivity index (χ1v) is 13.8. The summed E-state index contributed by atoms with van der Waals surface area (Å²) in [7, 11) is 0. The predicted octanol–water partition coefficient (Wildman–Crippen LogP) is 4.89. The van der Waals surface area contributed by atoms with Gasteiger partial charge in [0.2, 0.25) is 0 Å². The molecule has 0 bridgehead atoms. The van der Waals surface area contributed by atoms with Crippen LogP contribution in [-0.2, 0) is 27.0 Å². The Morgan fingerprint density at radius 2 is 2.00 bits per heavy atom. The van der Waals surface area contributed by atoms with E-state index >= 15 is 0 Å². The number of hydrogen-bond acceptors (Lipinski definition) is 7. The van der Waals surface area contributed by atoms with Crippen molar-refractivity contribution >= 4 is 51.5 Å². The number of halogens is 4. The molecule has 13 heteroatoms. The van der Waals surface area contributed by atoms with Gasteiger partial charge in [-0.05, 0) is 53.2 Å². The van der Waals surface area contributed by atoms with Crippen molar-refractivity contribution in [3.8, 4) is 0 Å². The van der Waals surface area contributed by atoms with Crippen LogP contribution in [0.15, 0.2) is 47.5 Å². The van der Waals surface area contributed by atoms with E-state index in [1.165, 1.54) is 21.7 Å². The maximum atomic E-state index is 13.5. The number of carbonyl (C=O) groups is 2. The number of amides is 2. The Morgan fingerprint density at radius 3 is 2.83 bits per heavy atom. The molecule has 40 heavy (non-hydrogen) atoms. The molecule has 3 aliphatic rings. The Balaban J connectivity index is 1.17. The number of thioether (sulfide) groups is 1. The van der Waals surface area contributed by atoms with Gasteiger partial charge in [0.1, 0.15) is 0 Å². The Labute approximate surface area is 236 Å². The molecule has 0 saturated carbocycles. The predicted molar refractivity (Wildman–Crippen MR) is 144 cm³/mol. The van der Waals surface area contributed by atoms with Crippen LogP contribution in [0.3, 0.4) is 0 Å². The number of hydrogen-bond donors (Lipinski definition) is 0. The van der Waals surface area contributed by atoms with E-state index in [-0.39, 0.29) is 47.0 Å². The fourth-order valence-electron chi connectivity index (χ4n) is 5.20. The number of ether oxygens (including phenoxy) is 2. The van der Waals surface area contributed by atoms with Crippen molar-refractivity contribution < 1.29 is 32.2 Å². The number of fused-ring (bicyclic) bond motifs is 2. The van der Waals surface area contributed by atoms with Gasteiger partial charge in [0.05, 0.1) is 67.2 Å². The van der Waals surface area contributed by atoms with Crippen LogP contribution in [-0.4, -0.2) is 82.3 Å². The third-order valence-corrected chi connectivity index (χ3v) is 8.38. The minimum absolute atomic E-state index is 0.00691. The third kappa shape index (κ3) is 5.51. The summed E-state index contributed by atoms with van der Waals surface area (Å²) in [5.74, 6) is -0.374. The largest absolute Gasteiger partial charge is 0.416 e. The van der Waals surface area contributed by atoms with Gasteiger partial charge in [0.15, 0.2) is 0 Å². The molecule has 3 saturated heterocycles. The Bertz CT molecular complexity index is 1510. The van der Waals surface area contributed by atoms with E-state index in [1.807, 2.05) is 0 Å². The number of benzene rings is 2. The zero-order chi connectivity index (χ0) is 28.0. The van der Waals surface area contributed by atoms with Crippen molar-refractivity contribution in [3.05, 3.63) is 69.2 Å². The number of aromatic nitrogens is 2. The number of carbonyl (C=O) groups excluding carboxylic acids is 2. The molecule has 1 aromatic heterocycles. The SMILES string of the molecule is O=C1S/C(=C\c2ccc3c(cnn3Cc3ccc(Cl)cc3C(F)(F)F)c2)C(=O)N1C[C@@H]1CN2CCOC[C@H]2CO1. The van der Waals surface area contributed by atoms with Crippen LogP contribution in [0, 0.1) is 0 Å². The first-order chi connectivity index (χ1) is 19.2. The van der Waals surface area contributed by atoms with Crippen LogP contribution >= 0.6 is 23.4 Å². The van der Waals surface area contributed by atoms with Gasteiger partial charge in [0.25, 0.3) is 11.1 Å². The second-order valence-corrected chi connectivity index (χ2v) is 11.3. The minimum atomic E-state index is -4.55. The van der Waals surface area contributed by atoms with Gasteiger partial charge in [0, 0.05) is 23.5 Å². The second-order valence-electron chi connectivity index (χ2n) is 9.89. The van der Waals surface area contributed by atoms with Gasteiger partial charge in [-0.2, -0.15) is 18.3 Å². The quantitative estimate of drug-likeness (QED) is 0.390. The number of rotatable bonds is 5. The van der Waals surface area contributed by atoms with Crippen molar-refractivity contribution in [1.29, 1.82) is 0 Å². The van der Waals surface area contributed by atoms with Crippen molar-refractivity contribution in [1.82, 2.24) is 19.6 Å². The highest BCUT2D eigenvalue weighted by Crippen LogP contribution is 2.35. The molecule has 0 unspecified atom stereocenters. The first kappa shape index (κ1) is 27.3. The Hall–Kier alpha value is -2.90. The molecule has 2 aromatic carbocycles. The number of alkyl halides is 3. The molecule has 2 amide bonds. The van der Waals surface area contributed by atoms with E-state index in [2.05, 4.69) is 10.00 Å². The molecule has 210 valence electrons. The van der Waals surface area contributed by atoms with Crippen LogP contribution < -0.4 is 0 Å². The Kier molecular flexibility index (Phi) is 7.38. The summed E-state index contributed by atoms with van der Waals surface area (Å²) in [4.78, 5) is 29.6. The highest BCUT2D eigenvalue weighted by Gasteiger charge is 2.39. The maximum absolute atomic E-state index is 13.5. The molecule has 0 N–H and O–H groups in total. The molecule has 8 nitrogen and oxygen atoms in total. The lowest BCUT2D eigenvalue weighted by molar-refractivity contribution is -0.138. The zero-order valence-electron chi connectivity index (χ0n) is 21.1. The summed E-state index contributed by atoms with van der Waals surface area (Å²) in [5.41, 5.74) is 0.541. The summed E-state index contributed by atoms with van der Waals surface area (Å²) in [6.07, 6.45) is -1.61. The van der Waals surface area contributed by atoms with Crippen molar-refractivity contribution in [3.63, 3.8) is 0 Å². The van der Waals surface area contributed by atoms with Crippen LogP contribution in [0.2, 0.25) is 5.02 Å². The van der Waals surface area contributed by atoms with Crippen LogP contribution in [0.5, 0.6) is 0 Å². The van der Waals surface area contributed by atoms with E-state index in [4.69, 9.17) is 21.1 Å². The summed E-state index contributed by atoms with van der Waals surface area (Å²) >= 11 is 6.68. The summed E-state index contributed by atoms with van der Waals surface area (Å²) in [5, 5.41) is 4.62. The fraction of sp³-hybridized carbons (Fsp3) is 0.370. The molecule has 4 heterocycles. The van der Waals surface area contributed by atoms with Crippen LogP contribution in [0.4, 0.5) is 18.0 Å². The lowest BCUT2D eigenvalue weighted by Gasteiger charge is -2.42. The maximum Gasteiger partial charge on any atom is 0.416 e. The summed E-state index contributed by atoms with van der Waals surface area (Å²) in [6.45, 7) is 3.30. The van der Waals surface area contributed by atoms with Gasteiger partial charge in [-0.1, -0.05) is 23.7 Å². The third-order valence-electron chi connectivity index (χ3n) is 7.23. The van der Waals surface area contributed by atoms with E-state index in [1.54, 1.807) is 30.5 Å². The molecule has 3 aromatic rings. The highest BCUT2D eigenvalue weighted by molar-refractivity contribution is 8.18. The zero-order valence-corrected chi connectivity index (χ0v) is 22.6. The normalized spacial score (nSPS) is 23.4. The molecule has 0 aliphatic carbocycles. The lowest BCUT2D eigenvalue weighted by Crippen LogP contribution is -2.57. The average Bonchev–Trinajstić information content (AvgIpc) is 3.44. The van der Waals surface area contributed by atoms with Gasteiger partial charge >= 0.3 is 6.18 Å². The van der Waals surface area contributed by atoms with Gasteiger partial charge in [-0.15, -0.1) is 0 Å². The topological polar surface area (TPSA) is 76.9 Å². The van der Waals surface area contributed by atoms with Crippen molar-refractivity contribution in [2.24, 2.45) is 0 Å². The van der Waals surface area contributed by atoms with Gasteiger partial charge in [-0.25, -0.2) is 0 Å². The van der Waals surface area contributed by atoms with Crippen molar-refractivity contribution in [2.75, 3.05) is 39.5 Å². The molecule has 3 fully saturated rings. The highest BCUT2D eigenvalue weighted by atomic mass is 35.5. The van der Waals surface area contributed by atoms with Crippen LogP contribution in [0.25, 0.3) is 17.0 Å². The van der Waals surface area contributed by atoms with Gasteiger partial charge < -0.3 is 9.47 Å². The van der Waals surface area contributed by atoms with E-state index < -0.39 is 11.7 Å². The second kappa shape index (κ2) is 10.8. The monoisotopic (exact) mass is 592 g/mol. The van der Waals surface area contributed by atoms with E-state index in [0.29, 0.717) is 47.7 Å². The Morgan fingerprint density at radius 1 is 1.15 bits per heavy atom. The van der Waals surface area contributed by atoms with Crippen LogP contribution in [0.1, 0.15) is 16.7 Å². The fourth-order valence-corrected chi connectivity index (χ4v) is 6.22. The average molecular weight is 593 g/mol. The number of morpholine rings is 2. The first-order valence-electron chi connectivity index (χ1n) is 12.7. The molecule has 2 atom stereocenters. The number of imide groups is 1. The van der Waals surface area contributed by atoms with Crippen molar-refractivity contribution in [2.45, 2.75) is 24.9 Å². The lowest BCUT2D eigenvalue weighted by atomic mass is 10.1. The molecular weight excluding hydrogens is 569 g/mol.